The van der Waals surface area contributed by atoms with Crippen LogP contribution in [0.2, 0.25) is 0 Å². The summed E-state index contributed by atoms with van der Waals surface area (Å²) in [4.78, 5) is 11.4. The van der Waals surface area contributed by atoms with Crippen LogP contribution in [-0.2, 0) is 0 Å². The van der Waals surface area contributed by atoms with E-state index in [1.165, 1.54) is 0 Å². The minimum absolute atomic E-state index is 0.451. The standard InChI is InChI=1S/C14H12N4O/c15-14(19)11-3-1-2-4-13(11)17-10-5-6-12-9(7-10)8-16-18-12/h1-8,17H,(H2,15,19)(H,16,18). The number of hydrogen-bond acceptors (Lipinski definition) is 3. The van der Waals surface area contributed by atoms with Gasteiger partial charge in [-0.25, -0.2) is 0 Å². The smallest absolute Gasteiger partial charge is 0.250 e. The van der Waals surface area contributed by atoms with Crippen molar-refractivity contribution in [3.05, 3.63) is 54.2 Å². The van der Waals surface area contributed by atoms with Crippen LogP contribution in [0.15, 0.2) is 48.7 Å². The van der Waals surface area contributed by atoms with Crippen molar-refractivity contribution in [2.45, 2.75) is 0 Å². The van der Waals surface area contributed by atoms with Crippen LogP contribution in [0, 0.1) is 0 Å². The van der Waals surface area contributed by atoms with Crippen molar-refractivity contribution in [3.63, 3.8) is 0 Å². The maximum atomic E-state index is 11.4. The van der Waals surface area contributed by atoms with Gasteiger partial charge >= 0.3 is 0 Å². The van der Waals surface area contributed by atoms with Crippen LogP contribution in [0.1, 0.15) is 10.4 Å². The van der Waals surface area contributed by atoms with Crippen LogP contribution >= 0.6 is 0 Å². The van der Waals surface area contributed by atoms with Gasteiger partial charge in [0.25, 0.3) is 5.91 Å². The summed E-state index contributed by atoms with van der Waals surface area (Å²) in [5, 5.41) is 11.1. The first kappa shape index (κ1) is 11.3. The summed E-state index contributed by atoms with van der Waals surface area (Å²) in [6.07, 6.45) is 1.75. The molecule has 4 N–H and O–H groups in total. The Morgan fingerprint density at radius 3 is 2.89 bits per heavy atom. The highest BCUT2D eigenvalue weighted by molar-refractivity contribution is 5.99. The molecule has 0 atom stereocenters. The molecule has 3 aromatic rings. The van der Waals surface area contributed by atoms with Gasteiger partial charge in [0.2, 0.25) is 0 Å². The SMILES string of the molecule is NC(=O)c1ccccc1Nc1ccc2[nH]ncc2c1. The fourth-order valence-electron chi connectivity index (χ4n) is 1.98. The van der Waals surface area contributed by atoms with Crippen LogP contribution in [-0.4, -0.2) is 16.1 Å². The number of aromatic amines is 1. The molecule has 0 spiro atoms. The predicted octanol–water partition coefficient (Wildman–Crippen LogP) is 2.41. The Kier molecular flexibility index (Phi) is 2.64. The summed E-state index contributed by atoms with van der Waals surface area (Å²) in [6.45, 7) is 0. The third-order valence-corrected chi connectivity index (χ3v) is 2.91. The number of benzene rings is 2. The molecule has 1 amide bonds. The summed E-state index contributed by atoms with van der Waals surface area (Å²) in [7, 11) is 0. The molecule has 5 nitrogen and oxygen atoms in total. The molecule has 0 fully saturated rings. The summed E-state index contributed by atoms with van der Waals surface area (Å²) in [6, 6.07) is 12.9. The van der Waals surface area contributed by atoms with E-state index in [9.17, 15) is 4.79 Å². The minimum Gasteiger partial charge on any atom is -0.366 e. The number of nitrogens with zero attached hydrogens (tertiary/aromatic N) is 1. The Balaban J connectivity index is 1.98. The number of primary amides is 1. The second-order valence-corrected chi connectivity index (χ2v) is 4.21. The van der Waals surface area contributed by atoms with Crippen molar-refractivity contribution >= 4 is 28.2 Å². The molecule has 0 bridgehead atoms. The molecule has 19 heavy (non-hydrogen) atoms. The molecule has 1 heterocycles. The molecule has 0 radical (unpaired) electrons. The van der Waals surface area contributed by atoms with Crippen molar-refractivity contribution in [1.82, 2.24) is 10.2 Å². The number of hydrogen-bond donors (Lipinski definition) is 3. The number of aromatic nitrogens is 2. The lowest BCUT2D eigenvalue weighted by atomic mass is 10.1. The predicted molar refractivity (Wildman–Crippen MR) is 74.3 cm³/mol. The van der Waals surface area contributed by atoms with E-state index in [2.05, 4.69) is 15.5 Å². The zero-order valence-corrected chi connectivity index (χ0v) is 10.1. The van der Waals surface area contributed by atoms with E-state index >= 15 is 0 Å². The van der Waals surface area contributed by atoms with Gasteiger partial charge in [-0.1, -0.05) is 12.1 Å². The zero-order chi connectivity index (χ0) is 13.2. The lowest BCUT2D eigenvalue weighted by Gasteiger charge is -2.09. The number of carbonyl (C=O) groups is 1. The van der Waals surface area contributed by atoms with Gasteiger partial charge < -0.3 is 11.1 Å². The molecule has 94 valence electrons. The Morgan fingerprint density at radius 1 is 1.21 bits per heavy atom. The molecule has 0 aliphatic rings. The molecule has 3 rings (SSSR count). The molecule has 5 heteroatoms. The zero-order valence-electron chi connectivity index (χ0n) is 10.1. The first-order valence-corrected chi connectivity index (χ1v) is 5.83. The number of fused-ring (bicyclic) bond motifs is 1. The van der Waals surface area contributed by atoms with Gasteiger partial charge in [-0.15, -0.1) is 0 Å². The number of anilines is 2. The number of rotatable bonds is 3. The topological polar surface area (TPSA) is 83.8 Å². The van der Waals surface area contributed by atoms with Gasteiger partial charge in [0.15, 0.2) is 0 Å². The van der Waals surface area contributed by atoms with Crippen molar-refractivity contribution in [2.75, 3.05) is 5.32 Å². The first-order valence-electron chi connectivity index (χ1n) is 5.83. The van der Waals surface area contributed by atoms with Gasteiger partial charge in [0.05, 0.1) is 23.0 Å². The van der Waals surface area contributed by atoms with Crippen molar-refractivity contribution in [3.8, 4) is 0 Å². The minimum atomic E-state index is -0.451. The fraction of sp³-hybridized carbons (Fsp3) is 0. The average molecular weight is 252 g/mol. The van der Waals surface area contributed by atoms with E-state index in [1.54, 1.807) is 18.3 Å². The van der Waals surface area contributed by atoms with Crippen LogP contribution in [0.3, 0.4) is 0 Å². The van der Waals surface area contributed by atoms with Gasteiger partial charge in [-0.05, 0) is 30.3 Å². The molecule has 0 aliphatic carbocycles. The maximum Gasteiger partial charge on any atom is 0.250 e. The third kappa shape index (κ3) is 2.13. The second kappa shape index (κ2) is 4.45. The van der Waals surface area contributed by atoms with Gasteiger partial charge in [0, 0.05) is 11.1 Å². The average Bonchev–Trinajstić information content (AvgIpc) is 2.86. The Bertz CT molecular complexity index is 748. The number of nitrogens with two attached hydrogens (primary N) is 1. The monoisotopic (exact) mass is 252 g/mol. The van der Waals surface area contributed by atoms with Gasteiger partial charge in [0.1, 0.15) is 0 Å². The highest BCUT2D eigenvalue weighted by Gasteiger charge is 2.07. The Morgan fingerprint density at radius 2 is 2.05 bits per heavy atom. The molecule has 0 unspecified atom stereocenters. The van der Waals surface area contributed by atoms with E-state index < -0.39 is 5.91 Å². The lowest BCUT2D eigenvalue weighted by Crippen LogP contribution is -2.13. The van der Waals surface area contributed by atoms with E-state index in [0.29, 0.717) is 11.3 Å². The summed E-state index contributed by atoms with van der Waals surface area (Å²) >= 11 is 0. The number of amides is 1. The number of carbonyl (C=O) groups excluding carboxylic acids is 1. The van der Waals surface area contributed by atoms with Gasteiger partial charge in [-0.3, -0.25) is 9.89 Å². The first-order chi connectivity index (χ1) is 9.24. The molecule has 1 aromatic heterocycles. The Hall–Kier alpha value is -2.82. The summed E-state index contributed by atoms with van der Waals surface area (Å²) in [5.74, 6) is -0.451. The van der Waals surface area contributed by atoms with E-state index in [0.717, 1.165) is 16.6 Å². The van der Waals surface area contributed by atoms with Crippen LogP contribution in [0.5, 0.6) is 0 Å². The van der Waals surface area contributed by atoms with Crippen molar-refractivity contribution in [2.24, 2.45) is 5.73 Å². The highest BCUT2D eigenvalue weighted by atomic mass is 16.1. The normalized spacial score (nSPS) is 10.5. The molecule has 0 saturated heterocycles. The molecule has 2 aromatic carbocycles. The maximum absolute atomic E-state index is 11.4. The van der Waals surface area contributed by atoms with E-state index in [1.807, 2.05) is 30.3 Å². The van der Waals surface area contributed by atoms with E-state index in [-0.39, 0.29) is 0 Å². The largest absolute Gasteiger partial charge is 0.366 e. The summed E-state index contributed by atoms with van der Waals surface area (Å²) < 4.78 is 0. The van der Waals surface area contributed by atoms with Crippen LogP contribution in [0.25, 0.3) is 10.9 Å². The quantitative estimate of drug-likeness (QED) is 0.669. The molecular formula is C14H12N4O. The van der Waals surface area contributed by atoms with Crippen molar-refractivity contribution in [1.29, 1.82) is 0 Å². The number of H-pyrrole nitrogens is 1. The van der Waals surface area contributed by atoms with Crippen molar-refractivity contribution < 1.29 is 4.79 Å². The fourth-order valence-corrected chi connectivity index (χ4v) is 1.98. The molecule has 0 saturated carbocycles. The van der Waals surface area contributed by atoms with Crippen LogP contribution in [0.4, 0.5) is 11.4 Å². The summed E-state index contributed by atoms with van der Waals surface area (Å²) in [5.41, 5.74) is 8.35. The molecule has 0 aliphatic heterocycles. The number of para-hydroxylation sites is 1. The second-order valence-electron chi connectivity index (χ2n) is 4.21. The lowest BCUT2D eigenvalue weighted by molar-refractivity contribution is 0.100. The third-order valence-electron chi connectivity index (χ3n) is 2.91. The van der Waals surface area contributed by atoms with E-state index in [4.69, 9.17) is 5.73 Å². The highest BCUT2D eigenvalue weighted by Crippen LogP contribution is 2.23. The molecular weight excluding hydrogens is 240 g/mol. The number of nitrogens with one attached hydrogen (secondary N) is 2. The van der Waals surface area contributed by atoms with Crippen LogP contribution < -0.4 is 11.1 Å². The van der Waals surface area contributed by atoms with Gasteiger partial charge in [-0.2, -0.15) is 5.10 Å². The Labute approximate surface area is 109 Å².